The van der Waals surface area contributed by atoms with E-state index in [0.717, 1.165) is 12.3 Å². The first kappa shape index (κ1) is 19.9. The Kier molecular flexibility index (Phi) is 8.42. The molecule has 0 radical (unpaired) electrons. The van der Waals surface area contributed by atoms with E-state index in [1.807, 2.05) is 6.92 Å². The third kappa shape index (κ3) is 7.17. The van der Waals surface area contributed by atoms with E-state index in [-0.39, 0.29) is 12.5 Å². The Morgan fingerprint density at radius 1 is 1.20 bits per heavy atom. The molecule has 0 aliphatic carbocycles. The topological polar surface area (TPSA) is 41.6 Å². The molecule has 1 aliphatic heterocycles. The van der Waals surface area contributed by atoms with Gasteiger partial charge in [0.05, 0.1) is 0 Å². The number of carbonyl (C=O) groups excluding carboxylic acids is 1. The first-order valence-electron chi connectivity index (χ1n) is 9.74. The van der Waals surface area contributed by atoms with Crippen molar-refractivity contribution in [1.82, 2.24) is 10.2 Å². The van der Waals surface area contributed by atoms with Crippen molar-refractivity contribution < 1.29 is 9.53 Å². The third-order valence-electron chi connectivity index (χ3n) is 5.10. The van der Waals surface area contributed by atoms with E-state index in [0.29, 0.717) is 19.2 Å². The lowest BCUT2D eigenvalue weighted by molar-refractivity contribution is -0.125. The second-order valence-electron chi connectivity index (χ2n) is 7.33. The highest BCUT2D eigenvalue weighted by Crippen LogP contribution is 2.23. The van der Waals surface area contributed by atoms with Crippen LogP contribution < -0.4 is 5.32 Å². The molecule has 1 N–H and O–H groups in total. The van der Waals surface area contributed by atoms with Gasteiger partial charge in [-0.2, -0.15) is 0 Å². The lowest BCUT2D eigenvalue weighted by Crippen LogP contribution is -2.38. The summed E-state index contributed by atoms with van der Waals surface area (Å²) in [5, 5.41) is 2.89. The Balaban J connectivity index is 1.69. The van der Waals surface area contributed by atoms with Gasteiger partial charge in [-0.3, -0.25) is 4.79 Å². The molecule has 1 heterocycles. The molecule has 0 aromatic heterocycles. The van der Waals surface area contributed by atoms with Crippen molar-refractivity contribution in [1.29, 1.82) is 0 Å². The van der Waals surface area contributed by atoms with Crippen molar-refractivity contribution in [3.63, 3.8) is 0 Å². The van der Waals surface area contributed by atoms with Crippen molar-refractivity contribution >= 4 is 5.91 Å². The molecule has 0 unspecified atom stereocenters. The van der Waals surface area contributed by atoms with Gasteiger partial charge in [-0.1, -0.05) is 24.3 Å². The van der Waals surface area contributed by atoms with Gasteiger partial charge in [-0.25, -0.2) is 0 Å². The molecule has 1 fully saturated rings. The molecule has 25 heavy (non-hydrogen) atoms. The average Bonchev–Trinajstić information content (AvgIpc) is 2.62. The fraction of sp³-hybridized carbons (Fsp3) is 0.667. The van der Waals surface area contributed by atoms with Gasteiger partial charge in [0.1, 0.15) is 6.61 Å². The fourth-order valence-electron chi connectivity index (χ4n) is 3.44. The average molecular weight is 347 g/mol. The highest BCUT2D eigenvalue weighted by molar-refractivity contribution is 5.77. The Morgan fingerprint density at radius 2 is 1.84 bits per heavy atom. The van der Waals surface area contributed by atoms with E-state index in [4.69, 9.17) is 4.74 Å². The molecule has 1 aromatic carbocycles. The van der Waals surface area contributed by atoms with Gasteiger partial charge in [0.15, 0.2) is 0 Å². The summed E-state index contributed by atoms with van der Waals surface area (Å²) in [6.45, 7) is 10.3. The summed E-state index contributed by atoms with van der Waals surface area (Å²) in [7, 11) is 0. The summed E-state index contributed by atoms with van der Waals surface area (Å²) >= 11 is 0. The molecular weight excluding hydrogens is 312 g/mol. The van der Waals surface area contributed by atoms with Crippen LogP contribution in [0.4, 0.5) is 0 Å². The number of nitrogens with zero attached hydrogens (tertiary/aromatic N) is 1. The summed E-state index contributed by atoms with van der Waals surface area (Å²) in [6.07, 6.45) is 4.68. The number of amides is 1. The molecule has 140 valence electrons. The third-order valence-corrected chi connectivity index (χ3v) is 5.10. The molecule has 1 aliphatic rings. The Labute approximate surface area is 152 Å². The second kappa shape index (κ2) is 10.6. The minimum atomic E-state index is -0.0359. The highest BCUT2D eigenvalue weighted by atomic mass is 16.5. The second-order valence-corrected chi connectivity index (χ2v) is 7.33. The highest BCUT2D eigenvalue weighted by Gasteiger charge is 2.20. The molecule has 0 atom stereocenters. The molecule has 1 aromatic rings. The maximum Gasteiger partial charge on any atom is 0.246 e. The Hall–Kier alpha value is -1.39. The maximum absolute atomic E-state index is 11.5. The summed E-state index contributed by atoms with van der Waals surface area (Å²) in [5.41, 5.74) is 2.71. The summed E-state index contributed by atoms with van der Waals surface area (Å²) in [6, 6.07) is 9.59. The lowest BCUT2D eigenvalue weighted by atomic mass is 9.89. The summed E-state index contributed by atoms with van der Waals surface area (Å²) < 4.78 is 5.09. The van der Waals surface area contributed by atoms with Crippen molar-refractivity contribution in [3.05, 3.63) is 35.4 Å². The number of nitrogens with one attached hydrogen (secondary N) is 1. The number of rotatable bonds is 9. The zero-order valence-corrected chi connectivity index (χ0v) is 16.1. The number of hydrogen-bond acceptors (Lipinski definition) is 3. The quantitative estimate of drug-likeness (QED) is 0.747. The first-order valence-corrected chi connectivity index (χ1v) is 9.74. The normalized spacial score (nSPS) is 16.3. The van der Waals surface area contributed by atoms with Crippen LogP contribution in [0.1, 0.15) is 44.7 Å². The lowest BCUT2D eigenvalue weighted by Gasteiger charge is -2.34. The fourth-order valence-corrected chi connectivity index (χ4v) is 3.44. The van der Waals surface area contributed by atoms with Crippen molar-refractivity contribution in [2.75, 3.05) is 32.8 Å². The zero-order chi connectivity index (χ0) is 18.1. The van der Waals surface area contributed by atoms with Crippen LogP contribution in [-0.2, 0) is 22.4 Å². The van der Waals surface area contributed by atoms with Crippen LogP contribution in [0.15, 0.2) is 24.3 Å². The van der Waals surface area contributed by atoms with Gasteiger partial charge in [-0.05, 0) is 76.6 Å². The van der Waals surface area contributed by atoms with Gasteiger partial charge >= 0.3 is 0 Å². The van der Waals surface area contributed by atoms with Crippen LogP contribution in [0.2, 0.25) is 0 Å². The molecule has 1 amide bonds. The SMILES string of the molecule is CCOCC(=O)NCCc1ccc(CC2CCN(C(C)C)CC2)cc1. The van der Waals surface area contributed by atoms with Gasteiger partial charge in [0.25, 0.3) is 0 Å². The first-order chi connectivity index (χ1) is 12.1. The number of carbonyl (C=O) groups is 1. The van der Waals surface area contributed by atoms with E-state index in [2.05, 4.69) is 48.3 Å². The molecule has 0 spiro atoms. The number of benzene rings is 1. The number of likely N-dealkylation sites (tertiary alicyclic amines) is 1. The number of ether oxygens (including phenoxy) is 1. The summed E-state index contributed by atoms with van der Waals surface area (Å²) in [4.78, 5) is 14.1. The van der Waals surface area contributed by atoms with E-state index in [1.165, 1.54) is 43.5 Å². The van der Waals surface area contributed by atoms with E-state index in [9.17, 15) is 4.79 Å². The van der Waals surface area contributed by atoms with Crippen LogP contribution in [0.3, 0.4) is 0 Å². The number of hydrogen-bond donors (Lipinski definition) is 1. The monoisotopic (exact) mass is 346 g/mol. The minimum Gasteiger partial charge on any atom is -0.372 e. The number of piperidine rings is 1. The minimum absolute atomic E-state index is 0.0359. The van der Waals surface area contributed by atoms with Gasteiger partial charge in [-0.15, -0.1) is 0 Å². The molecule has 4 heteroatoms. The van der Waals surface area contributed by atoms with Crippen LogP contribution >= 0.6 is 0 Å². The summed E-state index contributed by atoms with van der Waals surface area (Å²) in [5.74, 6) is 0.782. The maximum atomic E-state index is 11.5. The molecular formula is C21H34N2O2. The van der Waals surface area contributed by atoms with Crippen molar-refractivity contribution in [2.45, 2.75) is 52.5 Å². The van der Waals surface area contributed by atoms with Gasteiger partial charge in [0, 0.05) is 19.2 Å². The van der Waals surface area contributed by atoms with E-state index in [1.54, 1.807) is 0 Å². The van der Waals surface area contributed by atoms with Gasteiger partial charge in [0.2, 0.25) is 5.91 Å². The molecule has 0 bridgehead atoms. The van der Waals surface area contributed by atoms with Crippen molar-refractivity contribution in [2.24, 2.45) is 5.92 Å². The zero-order valence-electron chi connectivity index (χ0n) is 16.1. The van der Waals surface area contributed by atoms with Crippen molar-refractivity contribution in [3.8, 4) is 0 Å². The molecule has 2 rings (SSSR count). The predicted octanol–water partition coefficient (Wildman–Crippen LogP) is 3.04. The standard InChI is InChI=1S/C21H34N2O2/c1-4-25-16-21(24)22-12-9-18-5-7-19(8-6-18)15-20-10-13-23(14-11-20)17(2)3/h5-8,17,20H,4,9-16H2,1-3H3,(H,22,24). The Morgan fingerprint density at radius 3 is 2.44 bits per heavy atom. The van der Waals surface area contributed by atoms with E-state index >= 15 is 0 Å². The molecule has 4 nitrogen and oxygen atoms in total. The Bertz CT molecular complexity index is 505. The van der Waals surface area contributed by atoms with Crippen LogP contribution in [0.5, 0.6) is 0 Å². The predicted molar refractivity (Wildman–Crippen MR) is 103 cm³/mol. The van der Waals surface area contributed by atoms with Crippen LogP contribution in [0.25, 0.3) is 0 Å². The largest absolute Gasteiger partial charge is 0.372 e. The van der Waals surface area contributed by atoms with Crippen LogP contribution in [-0.4, -0.2) is 49.7 Å². The molecule has 1 saturated heterocycles. The van der Waals surface area contributed by atoms with E-state index < -0.39 is 0 Å². The van der Waals surface area contributed by atoms with Crippen LogP contribution in [0, 0.1) is 5.92 Å². The smallest absolute Gasteiger partial charge is 0.246 e. The molecule has 0 saturated carbocycles. The van der Waals surface area contributed by atoms with Gasteiger partial charge < -0.3 is 15.0 Å².